The molecule has 0 aliphatic rings. The lowest BCUT2D eigenvalue weighted by Crippen LogP contribution is -2.25. The molecule has 0 aliphatic carbocycles. The van der Waals surface area contributed by atoms with Crippen LogP contribution in [-0.4, -0.2) is 38.2 Å². The minimum Gasteiger partial charge on any atom is -0.493 e. The van der Waals surface area contributed by atoms with Crippen LogP contribution in [0.4, 0.5) is 5.69 Å². The SMILES string of the molecule is CCOCCCNC(=O)c1cccc(NC(=O)CCOc2ccc(C)cc2C)c1. The van der Waals surface area contributed by atoms with Gasteiger partial charge in [0.2, 0.25) is 5.91 Å². The van der Waals surface area contributed by atoms with Crippen LogP contribution in [0.2, 0.25) is 0 Å². The molecule has 0 fully saturated rings. The molecule has 2 aromatic carbocycles. The van der Waals surface area contributed by atoms with Crippen molar-refractivity contribution in [2.24, 2.45) is 0 Å². The fourth-order valence-corrected chi connectivity index (χ4v) is 2.80. The molecule has 2 amide bonds. The normalized spacial score (nSPS) is 10.4. The van der Waals surface area contributed by atoms with E-state index < -0.39 is 0 Å². The van der Waals surface area contributed by atoms with Crippen LogP contribution in [0.1, 0.15) is 41.3 Å². The number of carbonyl (C=O) groups is 2. The minimum atomic E-state index is -0.171. The zero-order valence-corrected chi connectivity index (χ0v) is 17.4. The summed E-state index contributed by atoms with van der Waals surface area (Å²) in [5.41, 5.74) is 3.31. The fourth-order valence-electron chi connectivity index (χ4n) is 2.80. The Balaban J connectivity index is 1.78. The van der Waals surface area contributed by atoms with Crippen LogP contribution in [0.25, 0.3) is 0 Å². The second-order valence-corrected chi connectivity index (χ2v) is 6.80. The first kappa shape index (κ1) is 22.4. The highest BCUT2D eigenvalue weighted by Gasteiger charge is 2.08. The van der Waals surface area contributed by atoms with Crippen LogP contribution in [0.15, 0.2) is 42.5 Å². The van der Waals surface area contributed by atoms with Gasteiger partial charge >= 0.3 is 0 Å². The topological polar surface area (TPSA) is 76.7 Å². The Labute approximate surface area is 172 Å². The number of carbonyl (C=O) groups excluding carboxylic acids is 2. The van der Waals surface area contributed by atoms with Crippen LogP contribution in [-0.2, 0) is 9.53 Å². The molecule has 0 aromatic heterocycles. The van der Waals surface area contributed by atoms with E-state index in [-0.39, 0.29) is 24.8 Å². The first-order chi connectivity index (χ1) is 14.0. The third-order valence-corrected chi connectivity index (χ3v) is 4.28. The van der Waals surface area contributed by atoms with Gasteiger partial charge in [-0.3, -0.25) is 9.59 Å². The lowest BCUT2D eigenvalue weighted by atomic mass is 10.1. The first-order valence-corrected chi connectivity index (χ1v) is 9.95. The number of rotatable bonds is 11. The maximum atomic E-state index is 12.2. The van der Waals surface area contributed by atoms with Crippen molar-refractivity contribution in [3.63, 3.8) is 0 Å². The highest BCUT2D eigenvalue weighted by Crippen LogP contribution is 2.19. The molecule has 0 atom stereocenters. The smallest absolute Gasteiger partial charge is 0.251 e. The third kappa shape index (κ3) is 7.95. The van der Waals surface area contributed by atoms with Gasteiger partial charge in [0.25, 0.3) is 5.91 Å². The van der Waals surface area contributed by atoms with E-state index in [1.807, 2.05) is 39.0 Å². The monoisotopic (exact) mass is 398 g/mol. The number of anilines is 1. The van der Waals surface area contributed by atoms with E-state index in [1.54, 1.807) is 24.3 Å². The molecule has 0 saturated carbocycles. The van der Waals surface area contributed by atoms with Gasteiger partial charge in [0.05, 0.1) is 13.0 Å². The molecule has 0 bridgehead atoms. The van der Waals surface area contributed by atoms with Gasteiger partial charge in [0, 0.05) is 31.0 Å². The summed E-state index contributed by atoms with van der Waals surface area (Å²) in [5, 5.41) is 5.66. The Hall–Kier alpha value is -2.86. The van der Waals surface area contributed by atoms with Gasteiger partial charge in [-0.2, -0.15) is 0 Å². The molecule has 2 N–H and O–H groups in total. The van der Waals surface area contributed by atoms with Gasteiger partial charge in [0.1, 0.15) is 5.75 Å². The summed E-state index contributed by atoms with van der Waals surface area (Å²) >= 11 is 0. The van der Waals surface area contributed by atoms with Crippen LogP contribution in [0.5, 0.6) is 5.75 Å². The third-order valence-electron chi connectivity index (χ3n) is 4.28. The van der Waals surface area contributed by atoms with Crippen molar-refractivity contribution in [3.8, 4) is 5.75 Å². The van der Waals surface area contributed by atoms with Crippen molar-refractivity contribution < 1.29 is 19.1 Å². The van der Waals surface area contributed by atoms with E-state index in [1.165, 1.54) is 5.56 Å². The number of nitrogens with one attached hydrogen (secondary N) is 2. The second-order valence-electron chi connectivity index (χ2n) is 6.80. The van der Waals surface area contributed by atoms with Crippen molar-refractivity contribution in [2.45, 2.75) is 33.6 Å². The molecular weight excluding hydrogens is 368 g/mol. The van der Waals surface area contributed by atoms with E-state index in [4.69, 9.17) is 9.47 Å². The zero-order valence-electron chi connectivity index (χ0n) is 17.4. The molecule has 0 heterocycles. The van der Waals surface area contributed by atoms with Gasteiger partial charge in [-0.15, -0.1) is 0 Å². The molecule has 0 unspecified atom stereocenters. The van der Waals surface area contributed by atoms with Gasteiger partial charge < -0.3 is 20.1 Å². The van der Waals surface area contributed by atoms with E-state index in [2.05, 4.69) is 10.6 Å². The number of hydrogen-bond donors (Lipinski definition) is 2. The predicted octanol–water partition coefficient (Wildman–Crippen LogP) is 3.87. The quantitative estimate of drug-likeness (QED) is 0.564. The summed E-state index contributed by atoms with van der Waals surface area (Å²) in [4.78, 5) is 24.4. The largest absolute Gasteiger partial charge is 0.493 e. The highest BCUT2D eigenvalue weighted by atomic mass is 16.5. The molecule has 29 heavy (non-hydrogen) atoms. The van der Waals surface area contributed by atoms with Crippen molar-refractivity contribution in [3.05, 3.63) is 59.2 Å². The highest BCUT2D eigenvalue weighted by molar-refractivity contribution is 5.97. The Morgan fingerprint density at radius 3 is 2.62 bits per heavy atom. The Morgan fingerprint density at radius 1 is 1.03 bits per heavy atom. The number of hydrogen-bond acceptors (Lipinski definition) is 4. The van der Waals surface area contributed by atoms with Crippen LogP contribution >= 0.6 is 0 Å². The summed E-state index contributed by atoms with van der Waals surface area (Å²) in [7, 11) is 0. The molecule has 2 aromatic rings. The molecule has 2 rings (SSSR count). The fraction of sp³-hybridized carbons (Fsp3) is 0.391. The summed E-state index contributed by atoms with van der Waals surface area (Å²) in [6.07, 6.45) is 0.984. The number of ether oxygens (including phenoxy) is 2. The van der Waals surface area contributed by atoms with Gasteiger partial charge in [0.15, 0.2) is 0 Å². The molecule has 0 saturated heterocycles. The van der Waals surface area contributed by atoms with Gasteiger partial charge in [-0.05, 0) is 57.0 Å². The number of amides is 2. The lowest BCUT2D eigenvalue weighted by Gasteiger charge is -2.11. The predicted molar refractivity (Wildman–Crippen MR) is 115 cm³/mol. The molecular formula is C23H30N2O4. The van der Waals surface area contributed by atoms with E-state index in [0.29, 0.717) is 31.0 Å². The minimum absolute atomic E-state index is 0.163. The average molecular weight is 399 g/mol. The van der Waals surface area contributed by atoms with Crippen LogP contribution < -0.4 is 15.4 Å². The summed E-state index contributed by atoms with van der Waals surface area (Å²) in [6, 6.07) is 12.8. The molecule has 0 spiro atoms. The average Bonchev–Trinajstić information content (AvgIpc) is 2.69. The van der Waals surface area contributed by atoms with Crippen molar-refractivity contribution in [1.82, 2.24) is 5.32 Å². The second kappa shape index (κ2) is 11.9. The zero-order chi connectivity index (χ0) is 21.1. The Bertz CT molecular complexity index is 820. The van der Waals surface area contributed by atoms with Crippen LogP contribution in [0, 0.1) is 13.8 Å². The molecule has 6 nitrogen and oxygen atoms in total. The Morgan fingerprint density at radius 2 is 1.86 bits per heavy atom. The van der Waals surface area contributed by atoms with Crippen molar-refractivity contribution >= 4 is 17.5 Å². The van der Waals surface area contributed by atoms with Gasteiger partial charge in [-0.25, -0.2) is 0 Å². The van der Waals surface area contributed by atoms with E-state index in [9.17, 15) is 9.59 Å². The van der Waals surface area contributed by atoms with Crippen LogP contribution in [0.3, 0.4) is 0 Å². The number of aryl methyl sites for hydroxylation is 2. The van der Waals surface area contributed by atoms with Crippen molar-refractivity contribution in [2.75, 3.05) is 31.7 Å². The molecule has 0 radical (unpaired) electrons. The standard InChI is InChI=1S/C23H30N2O4/c1-4-28-13-6-12-24-23(27)19-7-5-8-20(16-19)25-22(26)11-14-29-21-10-9-17(2)15-18(21)3/h5,7-10,15-16H,4,6,11-14H2,1-3H3,(H,24,27)(H,25,26). The van der Waals surface area contributed by atoms with Crippen molar-refractivity contribution in [1.29, 1.82) is 0 Å². The Kier molecular flexibility index (Phi) is 9.18. The maximum Gasteiger partial charge on any atom is 0.251 e. The summed E-state index contributed by atoms with van der Waals surface area (Å²) in [5.74, 6) is 0.450. The molecule has 6 heteroatoms. The summed E-state index contributed by atoms with van der Waals surface area (Å²) in [6.45, 7) is 8.08. The molecule has 156 valence electrons. The van der Waals surface area contributed by atoms with Gasteiger partial charge in [-0.1, -0.05) is 23.8 Å². The summed E-state index contributed by atoms with van der Waals surface area (Å²) < 4.78 is 10.9. The number of benzene rings is 2. The maximum absolute atomic E-state index is 12.2. The first-order valence-electron chi connectivity index (χ1n) is 9.95. The lowest BCUT2D eigenvalue weighted by molar-refractivity contribution is -0.116. The molecule has 0 aliphatic heterocycles. The van der Waals surface area contributed by atoms with E-state index in [0.717, 1.165) is 17.7 Å². The van der Waals surface area contributed by atoms with E-state index >= 15 is 0 Å².